The molecule has 0 fully saturated rings. The van der Waals surface area contributed by atoms with E-state index in [0.29, 0.717) is 11.3 Å². The van der Waals surface area contributed by atoms with Crippen LogP contribution in [0, 0.1) is 0 Å². The molecule has 2 rings (SSSR count). The van der Waals surface area contributed by atoms with Crippen LogP contribution in [-0.4, -0.2) is 19.5 Å². The minimum absolute atomic E-state index is 0.00111. The fourth-order valence-corrected chi connectivity index (χ4v) is 1.34. The molecule has 2 heterocycles. The quantitative estimate of drug-likeness (QED) is 0.677. The van der Waals surface area contributed by atoms with E-state index in [1.165, 1.54) is 0 Å². The summed E-state index contributed by atoms with van der Waals surface area (Å²) in [5.74, 6) is 0.497. The van der Waals surface area contributed by atoms with Gasteiger partial charge in [-0.05, 0) is 6.92 Å². The molecule has 0 aromatic carbocycles. The Labute approximate surface area is 80.7 Å². The molecule has 0 aliphatic heterocycles. The molecule has 0 aliphatic rings. The van der Waals surface area contributed by atoms with Crippen LogP contribution in [0.25, 0.3) is 5.78 Å². The third kappa shape index (κ3) is 1.35. The fourth-order valence-electron chi connectivity index (χ4n) is 1.15. The fraction of sp³-hybridized carbons (Fsp3) is 0.250. The van der Waals surface area contributed by atoms with Crippen molar-refractivity contribution in [3.05, 3.63) is 24.2 Å². The van der Waals surface area contributed by atoms with E-state index < -0.39 is 0 Å². The van der Waals surface area contributed by atoms with Gasteiger partial charge in [0.05, 0.1) is 0 Å². The highest BCUT2D eigenvalue weighted by Gasteiger charge is 2.09. The highest BCUT2D eigenvalue weighted by molar-refractivity contribution is 7.80. The molecule has 0 saturated heterocycles. The number of thiol groups is 1. The summed E-state index contributed by atoms with van der Waals surface area (Å²) in [6.07, 6.45) is 5.19. The van der Waals surface area contributed by atoms with Gasteiger partial charge in [-0.1, -0.05) is 0 Å². The Morgan fingerprint density at radius 1 is 1.62 bits per heavy atom. The lowest BCUT2D eigenvalue weighted by molar-refractivity contribution is 0.446. The first-order valence-electron chi connectivity index (χ1n) is 3.89. The number of aromatic hydroxyl groups is 1. The predicted molar refractivity (Wildman–Crippen MR) is 52.1 cm³/mol. The third-order valence-corrected chi connectivity index (χ3v) is 2.12. The highest BCUT2D eigenvalue weighted by Crippen LogP contribution is 2.26. The molecule has 2 aromatic heterocycles. The summed E-state index contributed by atoms with van der Waals surface area (Å²) in [4.78, 5) is 7.86. The standard InChI is InChI=1S/C8H9N3OS/c1-5(13)6-4-11-3-2-9-8(11)10-7(6)12/h2-5,13H,1H3,(H,9,10,12). The molecule has 13 heavy (non-hydrogen) atoms. The molecule has 68 valence electrons. The van der Waals surface area contributed by atoms with Gasteiger partial charge < -0.3 is 5.11 Å². The minimum atomic E-state index is -0.0423. The summed E-state index contributed by atoms with van der Waals surface area (Å²) in [5, 5.41) is 9.44. The van der Waals surface area contributed by atoms with Crippen molar-refractivity contribution in [3.63, 3.8) is 0 Å². The van der Waals surface area contributed by atoms with E-state index in [2.05, 4.69) is 22.6 Å². The maximum atomic E-state index is 9.48. The summed E-state index contributed by atoms with van der Waals surface area (Å²) < 4.78 is 1.75. The largest absolute Gasteiger partial charge is 0.493 e. The Balaban J connectivity index is 2.69. The molecule has 0 aliphatic carbocycles. The van der Waals surface area contributed by atoms with Crippen LogP contribution in [0.1, 0.15) is 17.7 Å². The third-order valence-electron chi connectivity index (χ3n) is 1.84. The van der Waals surface area contributed by atoms with E-state index in [1.54, 1.807) is 23.0 Å². The van der Waals surface area contributed by atoms with Crippen molar-refractivity contribution < 1.29 is 5.11 Å². The molecule has 2 aromatic rings. The Morgan fingerprint density at radius 3 is 3.08 bits per heavy atom. The summed E-state index contributed by atoms with van der Waals surface area (Å²) in [5.41, 5.74) is 0.703. The molecule has 5 heteroatoms. The van der Waals surface area contributed by atoms with Crippen LogP contribution in [0.2, 0.25) is 0 Å². The Hall–Kier alpha value is -1.23. The van der Waals surface area contributed by atoms with Gasteiger partial charge in [0.15, 0.2) is 0 Å². The normalized spacial score (nSPS) is 13.4. The summed E-state index contributed by atoms with van der Waals surface area (Å²) in [7, 11) is 0. The average molecular weight is 195 g/mol. The monoisotopic (exact) mass is 195 g/mol. The average Bonchev–Trinajstić information content (AvgIpc) is 2.48. The Kier molecular flexibility index (Phi) is 1.88. The predicted octanol–water partition coefficient (Wildman–Crippen LogP) is 1.43. The van der Waals surface area contributed by atoms with Crippen molar-refractivity contribution in [3.8, 4) is 5.88 Å². The maximum absolute atomic E-state index is 9.48. The molecule has 0 amide bonds. The molecule has 1 atom stereocenters. The van der Waals surface area contributed by atoms with Gasteiger partial charge in [-0.25, -0.2) is 4.98 Å². The van der Waals surface area contributed by atoms with Crippen LogP contribution in [0.15, 0.2) is 18.6 Å². The Bertz CT molecular complexity index is 438. The molecular formula is C8H9N3OS. The second-order valence-electron chi connectivity index (χ2n) is 2.83. The number of fused-ring (bicyclic) bond motifs is 1. The van der Waals surface area contributed by atoms with E-state index in [0.717, 1.165) is 0 Å². The topological polar surface area (TPSA) is 50.4 Å². The van der Waals surface area contributed by atoms with Gasteiger partial charge in [0.2, 0.25) is 11.7 Å². The van der Waals surface area contributed by atoms with Gasteiger partial charge in [-0.15, -0.1) is 0 Å². The van der Waals surface area contributed by atoms with Gasteiger partial charge in [0.25, 0.3) is 0 Å². The van der Waals surface area contributed by atoms with E-state index in [9.17, 15) is 5.11 Å². The van der Waals surface area contributed by atoms with Crippen molar-refractivity contribution in [1.82, 2.24) is 14.4 Å². The second kappa shape index (κ2) is 2.92. The number of hydrogen-bond acceptors (Lipinski definition) is 4. The molecular weight excluding hydrogens is 186 g/mol. The number of rotatable bonds is 1. The minimum Gasteiger partial charge on any atom is -0.493 e. The molecule has 0 bridgehead atoms. The zero-order valence-electron chi connectivity index (χ0n) is 7.05. The lowest BCUT2D eigenvalue weighted by Gasteiger charge is -2.06. The molecule has 0 spiro atoms. The van der Waals surface area contributed by atoms with Crippen LogP contribution < -0.4 is 0 Å². The first-order valence-corrected chi connectivity index (χ1v) is 4.41. The van der Waals surface area contributed by atoms with Gasteiger partial charge in [0, 0.05) is 29.4 Å². The van der Waals surface area contributed by atoms with Crippen LogP contribution in [-0.2, 0) is 0 Å². The number of hydrogen-bond donors (Lipinski definition) is 2. The van der Waals surface area contributed by atoms with E-state index in [-0.39, 0.29) is 11.1 Å². The van der Waals surface area contributed by atoms with Crippen molar-refractivity contribution >= 4 is 18.4 Å². The zero-order valence-corrected chi connectivity index (χ0v) is 7.94. The first-order chi connectivity index (χ1) is 6.18. The SMILES string of the molecule is CC(S)c1cn2ccnc2nc1O. The van der Waals surface area contributed by atoms with Crippen molar-refractivity contribution in [2.75, 3.05) is 0 Å². The summed E-state index contributed by atoms with van der Waals surface area (Å²) >= 11 is 4.23. The maximum Gasteiger partial charge on any atom is 0.237 e. The second-order valence-corrected chi connectivity index (χ2v) is 3.60. The van der Waals surface area contributed by atoms with Crippen molar-refractivity contribution in [1.29, 1.82) is 0 Å². The summed E-state index contributed by atoms with van der Waals surface area (Å²) in [6.45, 7) is 1.88. The zero-order chi connectivity index (χ0) is 9.42. The van der Waals surface area contributed by atoms with Crippen LogP contribution in [0.5, 0.6) is 5.88 Å². The highest BCUT2D eigenvalue weighted by atomic mass is 32.1. The van der Waals surface area contributed by atoms with Crippen molar-refractivity contribution in [2.24, 2.45) is 0 Å². The molecule has 1 unspecified atom stereocenters. The summed E-state index contributed by atoms with van der Waals surface area (Å²) in [6, 6.07) is 0. The molecule has 0 saturated carbocycles. The van der Waals surface area contributed by atoms with Crippen molar-refractivity contribution in [2.45, 2.75) is 12.2 Å². The van der Waals surface area contributed by atoms with Gasteiger partial charge in [0.1, 0.15) is 0 Å². The van der Waals surface area contributed by atoms with Gasteiger partial charge in [-0.3, -0.25) is 4.40 Å². The van der Waals surface area contributed by atoms with Gasteiger partial charge in [-0.2, -0.15) is 17.6 Å². The van der Waals surface area contributed by atoms with Crippen LogP contribution in [0.4, 0.5) is 0 Å². The van der Waals surface area contributed by atoms with E-state index in [1.807, 2.05) is 6.92 Å². The Morgan fingerprint density at radius 2 is 2.38 bits per heavy atom. The molecule has 4 nitrogen and oxygen atoms in total. The number of aromatic nitrogens is 3. The number of nitrogens with zero attached hydrogens (tertiary/aromatic N) is 3. The van der Waals surface area contributed by atoms with E-state index >= 15 is 0 Å². The number of imidazole rings is 1. The first kappa shape index (κ1) is 8.37. The molecule has 1 N–H and O–H groups in total. The smallest absolute Gasteiger partial charge is 0.237 e. The van der Waals surface area contributed by atoms with E-state index in [4.69, 9.17) is 0 Å². The molecule has 0 radical (unpaired) electrons. The van der Waals surface area contributed by atoms with Crippen LogP contribution >= 0.6 is 12.6 Å². The lowest BCUT2D eigenvalue weighted by atomic mass is 10.2. The van der Waals surface area contributed by atoms with Crippen LogP contribution in [0.3, 0.4) is 0 Å². The van der Waals surface area contributed by atoms with Gasteiger partial charge >= 0.3 is 0 Å². The lowest BCUT2D eigenvalue weighted by Crippen LogP contribution is -1.94.